The van der Waals surface area contributed by atoms with Crippen molar-refractivity contribution in [2.75, 3.05) is 7.11 Å². The molecule has 0 amide bonds. The van der Waals surface area contributed by atoms with Crippen molar-refractivity contribution in [1.29, 1.82) is 0 Å². The van der Waals surface area contributed by atoms with Crippen LogP contribution in [0.5, 0.6) is 5.75 Å². The number of hydrogen-bond acceptors (Lipinski definition) is 3. The molecule has 2 atom stereocenters. The Hall–Kier alpha value is -0.541. The summed E-state index contributed by atoms with van der Waals surface area (Å²) < 4.78 is 10.8. The Balaban J connectivity index is 1.84. The predicted molar refractivity (Wildman–Crippen MR) is 62.9 cm³/mol. The van der Waals surface area contributed by atoms with Gasteiger partial charge in [-0.3, -0.25) is 0 Å². The van der Waals surface area contributed by atoms with E-state index in [1.165, 1.54) is 0 Å². The Labute approximate surface area is 102 Å². The molecule has 1 fully saturated rings. The fourth-order valence-electron chi connectivity index (χ4n) is 1.61. The van der Waals surface area contributed by atoms with Crippen LogP contribution >= 0.6 is 0 Å². The van der Waals surface area contributed by atoms with Gasteiger partial charge in [0.1, 0.15) is 0 Å². The quantitative estimate of drug-likeness (QED) is 0.853. The van der Waals surface area contributed by atoms with E-state index in [1.807, 2.05) is 24.3 Å². The Kier molecular flexibility index (Phi) is 4.24. The minimum absolute atomic E-state index is 0.0436. The Morgan fingerprint density at radius 2 is 2.06 bits per heavy atom. The van der Waals surface area contributed by atoms with Crippen LogP contribution in [-0.4, -0.2) is 39.4 Å². The number of aliphatic hydroxyl groups excluding tert-OH is 1. The first-order valence-electron chi connectivity index (χ1n) is 5.30. The van der Waals surface area contributed by atoms with Crippen LogP contribution in [0.3, 0.4) is 0 Å². The van der Waals surface area contributed by atoms with Crippen molar-refractivity contribution in [3.8, 4) is 5.75 Å². The molecule has 1 aromatic rings. The SMILES string of the molecule is COc1ccc(CO[C@H]2C[Se]C[C@@H]2O)cc1. The van der Waals surface area contributed by atoms with E-state index in [-0.39, 0.29) is 12.2 Å². The summed E-state index contributed by atoms with van der Waals surface area (Å²) in [6.45, 7) is 0.571. The fraction of sp³-hybridized carbons (Fsp3) is 0.500. The van der Waals surface area contributed by atoms with Gasteiger partial charge in [-0.25, -0.2) is 0 Å². The molecule has 1 aliphatic rings. The van der Waals surface area contributed by atoms with Gasteiger partial charge in [-0.15, -0.1) is 0 Å². The minimum atomic E-state index is -0.252. The maximum absolute atomic E-state index is 9.62. The van der Waals surface area contributed by atoms with Crippen molar-refractivity contribution < 1.29 is 14.6 Å². The molecular weight excluding hydrogens is 271 g/mol. The first kappa shape index (κ1) is 11.9. The van der Waals surface area contributed by atoms with Crippen LogP contribution in [0.2, 0.25) is 10.6 Å². The van der Waals surface area contributed by atoms with E-state index in [1.54, 1.807) is 7.11 Å². The van der Waals surface area contributed by atoms with Gasteiger partial charge in [0, 0.05) is 0 Å². The summed E-state index contributed by atoms with van der Waals surface area (Å²) in [5.41, 5.74) is 1.12. The molecule has 0 spiro atoms. The number of benzene rings is 1. The van der Waals surface area contributed by atoms with E-state index >= 15 is 0 Å². The van der Waals surface area contributed by atoms with Crippen molar-refractivity contribution >= 4 is 15.0 Å². The first-order chi connectivity index (χ1) is 7.79. The monoisotopic (exact) mass is 288 g/mol. The van der Waals surface area contributed by atoms with Gasteiger partial charge in [0.2, 0.25) is 0 Å². The summed E-state index contributed by atoms with van der Waals surface area (Å²) in [7, 11) is 1.66. The molecule has 0 bridgehead atoms. The molecule has 1 aliphatic heterocycles. The van der Waals surface area contributed by atoms with Crippen LogP contribution in [0.15, 0.2) is 24.3 Å². The van der Waals surface area contributed by atoms with E-state index in [9.17, 15) is 5.11 Å². The van der Waals surface area contributed by atoms with E-state index in [0.717, 1.165) is 22.0 Å². The van der Waals surface area contributed by atoms with Crippen molar-refractivity contribution in [1.82, 2.24) is 0 Å². The zero-order chi connectivity index (χ0) is 11.4. The van der Waals surface area contributed by atoms with Crippen LogP contribution in [0.4, 0.5) is 0 Å². The summed E-state index contributed by atoms with van der Waals surface area (Å²) in [5.74, 6) is 0.855. The van der Waals surface area contributed by atoms with Crippen LogP contribution < -0.4 is 4.74 Å². The van der Waals surface area contributed by atoms with Gasteiger partial charge >= 0.3 is 102 Å². The molecule has 2 rings (SSSR count). The topological polar surface area (TPSA) is 38.7 Å². The molecule has 16 heavy (non-hydrogen) atoms. The van der Waals surface area contributed by atoms with Crippen molar-refractivity contribution in [3.05, 3.63) is 29.8 Å². The number of ether oxygens (including phenoxy) is 2. The van der Waals surface area contributed by atoms with Gasteiger partial charge in [-0.2, -0.15) is 0 Å². The van der Waals surface area contributed by atoms with Crippen molar-refractivity contribution in [2.24, 2.45) is 0 Å². The molecule has 1 aromatic carbocycles. The van der Waals surface area contributed by atoms with E-state index in [4.69, 9.17) is 9.47 Å². The summed E-state index contributed by atoms with van der Waals surface area (Å²) in [4.78, 5) is 0. The first-order valence-corrected chi connectivity index (χ1v) is 7.72. The van der Waals surface area contributed by atoms with Gasteiger partial charge in [-0.1, -0.05) is 0 Å². The molecule has 88 valence electrons. The van der Waals surface area contributed by atoms with Gasteiger partial charge in [-0.05, 0) is 0 Å². The number of hydrogen-bond donors (Lipinski definition) is 1. The standard InChI is InChI=1S/C12H16O3Se/c1-14-10-4-2-9(3-5-10)6-15-12-8-16-7-11(12)13/h2-5,11-13H,6-8H2,1H3/t11-,12-/m0/s1. The van der Waals surface area contributed by atoms with Gasteiger partial charge < -0.3 is 0 Å². The molecule has 0 unspecified atom stereocenters. The predicted octanol–water partition coefficient (Wildman–Crippen LogP) is 1.50. The molecule has 0 aliphatic carbocycles. The van der Waals surface area contributed by atoms with Crippen LogP contribution in [0.1, 0.15) is 5.56 Å². The molecule has 0 radical (unpaired) electrons. The second-order valence-electron chi connectivity index (χ2n) is 3.80. The maximum atomic E-state index is 9.62. The van der Waals surface area contributed by atoms with Gasteiger partial charge in [0.05, 0.1) is 0 Å². The average molecular weight is 287 g/mol. The molecule has 1 N–H and O–H groups in total. The summed E-state index contributed by atoms with van der Waals surface area (Å²) in [6, 6.07) is 7.83. The zero-order valence-corrected chi connectivity index (χ0v) is 11.0. The normalized spacial score (nSPS) is 24.6. The molecular formula is C12H16O3Se. The van der Waals surface area contributed by atoms with E-state index in [0.29, 0.717) is 21.6 Å². The molecule has 0 saturated carbocycles. The number of methoxy groups -OCH3 is 1. The third kappa shape index (κ3) is 2.98. The van der Waals surface area contributed by atoms with Gasteiger partial charge in [0.25, 0.3) is 0 Å². The zero-order valence-electron chi connectivity index (χ0n) is 9.26. The Morgan fingerprint density at radius 3 is 2.62 bits per heavy atom. The second-order valence-corrected chi connectivity index (χ2v) is 6.06. The van der Waals surface area contributed by atoms with Gasteiger partial charge in [0.15, 0.2) is 0 Å². The van der Waals surface area contributed by atoms with E-state index < -0.39 is 0 Å². The number of rotatable bonds is 4. The Morgan fingerprint density at radius 1 is 1.31 bits per heavy atom. The number of aliphatic hydroxyl groups is 1. The van der Waals surface area contributed by atoms with Crippen LogP contribution in [-0.2, 0) is 11.3 Å². The third-order valence-electron chi connectivity index (χ3n) is 2.62. The molecule has 4 heteroatoms. The Bertz CT molecular complexity index is 326. The molecule has 3 nitrogen and oxygen atoms in total. The van der Waals surface area contributed by atoms with Crippen LogP contribution in [0, 0.1) is 0 Å². The molecule has 0 aromatic heterocycles. The summed E-state index contributed by atoms with van der Waals surface area (Å²) in [5, 5.41) is 11.6. The summed E-state index contributed by atoms with van der Waals surface area (Å²) in [6.07, 6.45) is -0.208. The van der Waals surface area contributed by atoms with Crippen molar-refractivity contribution in [3.63, 3.8) is 0 Å². The molecule has 1 saturated heterocycles. The summed E-state index contributed by atoms with van der Waals surface area (Å²) >= 11 is 0.560. The van der Waals surface area contributed by atoms with E-state index in [2.05, 4.69) is 0 Å². The second kappa shape index (κ2) is 5.69. The third-order valence-corrected chi connectivity index (χ3v) is 5.02. The average Bonchev–Trinajstić information content (AvgIpc) is 2.73. The molecule has 1 heterocycles. The fourth-order valence-corrected chi connectivity index (χ4v) is 4.01. The van der Waals surface area contributed by atoms with Crippen LogP contribution in [0.25, 0.3) is 0 Å². The van der Waals surface area contributed by atoms with Crippen molar-refractivity contribution in [2.45, 2.75) is 29.5 Å².